The zero-order valence-electron chi connectivity index (χ0n) is 12.1. The quantitative estimate of drug-likeness (QED) is 0.499. The van der Waals surface area contributed by atoms with Gasteiger partial charge in [0.1, 0.15) is 5.69 Å². The van der Waals surface area contributed by atoms with Crippen LogP contribution in [-0.4, -0.2) is 29.3 Å². The molecule has 0 saturated heterocycles. The van der Waals surface area contributed by atoms with Crippen LogP contribution in [0.1, 0.15) is 31.1 Å². The lowest BCUT2D eigenvalue weighted by Gasteiger charge is -2.26. The Morgan fingerprint density at radius 2 is 2.05 bits per heavy atom. The van der Waals surface area contributed by atoms with Crippen LogP contribution in [0.25, 0.3) is 0 Å². The molecule has 1 aromatic rings. The van der Waals surface area contributed by atoms with Crippen LogP contribution in [0.2, 0.25) is 0 Å². The molecule has 1 amide bonds. The molecule has 0 spiro atoms. The first kappa shape index (κ1) is 15.9. The van der Waals surface area contributed by atoms with E-state index in [1.165, 1.54) is 18.2 Å². The number of nitro groups is 1. The van der Waals surface area contributed by atoms with Crippen LogP contribution < -0.4 is 11.3 Å². The summed E-state index contributed by atoms with van der Waals surface area (Å²) in [5.41, 5.74) is 2.41. The van der Waals surface area contributed by atoms with Gasteiger partial charge in [-0.25, -0.2) is 0 Å². The van der Waals surface area contributed by atoms with E-state index in [-0.39, 0.29) is 28.3 Å². The minimum absolute atomic E-state index is 0.0465. The van der Waals surface area contributed by atoms with E-state index in [1.54, 1.807) is 11.9 Å². The number of carbonyl (C=O) groups is 1. The van der Waals surface area contributed by atoms with Crippen LogP contribution in [0.4, 0.5) is 11.4 Å². The summed E-state index contributed by atoms with van der Waals surface area (Å²) in [7, 11) is 1.68. The molecule has 0 saturated carbocycles. The van der Waals surface area contributed by atoms with Crippen molar-refractivity contribution in [2.75, 3.05) is 19.0 Å². The smallest absolute Gasteiger partial charge is 0.294 e. The van der Waals surface area contributed by atoms with E-state index in [1.807, 2.05) is 20.8 Å². The molecule has 0 aliphatic carbocycles. The predicted molar refractivity (Wildman–Crippen MR) is 77.3 cm³/mol. The zero-order valence-corrected chi connectivity index (χ0v) is 12.1. The Morgan fingerprint density at radius 1 is 1.45 bits per heavy atom. The molecule has 7 nitrogen and oxygen atoms in total. The number of anilines is 1. The molecule has 0 aliphatic rings. The fraction of sp³-hybridized carbons (Fsp3) is 0.462. The fourth-order valence-electron chi connectivity index (χ4n) is 1.94. The number of hydrazine groups is 1. The van der Waals surface area contributed by atoms with E-state index < -0.39 is 4.92 Å². The van der Waals surface area contributed by atoms with E-state index in [9.17, 15) is 14.9 Å². The van der Waals surface area contributed by atoms with Crippen molar-refractivity contribution in [1.82, 2.24) is 4.90 Å². The van der Waals surface area contributed by atoms with Crippen LogP contribution in [0, 0.1) is 15.5 Å². The van der Waals surface area contributed by atoms with Crippen LogP contribution in [0.5, 0.6) is 0 Å². The summed E-state index contributed by atoms with van der Waals surface area (Å²) in [5.74, 6) is 4.95. The number of nitro benzene ring substituents is 1. The van der Waals surface area contributed by atoms with Gasteiger partial charge in [-0.15, -0.1) is 0 Å². The Labute approximate surface area is 117 Å². The number of nitrogen functional groups attached to an aromatic ring is 1. The summed E-state index contributed by atoms with van der Waals surface area (Å²) in [5, 5.41) is 10.9. The molecule has 0 radical (unpaired) electrons. The Bertz CT molecular complexity index is 523. The van der Waals surface area contributed by atoms with Crippen molar-refractivity contribution in [3.63, 3.8) is 0 Å². The second-order valence-corrected chi connectivity index (χ2v) is 5.86. The Hall–Kier alpha value is -2.15. The molecule has 1 rings (SSSR count). The van der Waals surface area contributed by atoms with Crippen molar-refractivity contribution in [1.29, 1.82) is 0 Å². The van der Waals surface area contributed by atoms with Crippen molar-refractivity contribution in [3.05, 3.63) is 33.9 Å². The first-order valence-electron chi connectivity index (χ1n) is 6.16. The van der Waals surface area contributed by atoms with Gasteiger partial charge >= 0.3 is 0 Å². The van der Waals surface area contributed by atoms with Crippen LogP contribution in [0.15, 0.2) is 18.2 Å². The van der Waals surface area contributed by atoms with Gasteiger partial charge in [0.2, 0.25) is 0 Å². The van der Waals surface area contributed by atoms with Gasteiger partial charge in [-0.3, -0.25) is 20.8 Å². The number of nitrogens with two attached hydrogens (primary N) is 1. The second-order valence-electron chi connectivity index (χ2n) is 5.86. The molecular weight excluding hydrogens is 260 g/mol. The van der Waals surface area contributed by atoms with Crippen LogP contribution >= 0.6 is 0 Å². The highest BCUT2D eigenvalue weighted by Crippen LogP contribution is 2.25. The van der Waals surface area contributed by atoms with E-state index in [0.717, 1.165) is 0 Å². The van der Waals surface area contributed by atoms with Gasteiger partial charge in [0, 0.05) is 25.2 Å². The second kappa shape index (κ2) is 5.87. The first-order valence-corrected chi connectivity index (χ1v) is 6.16. The average Bonchev–Trinajstić information content (AvgIpc) is 2.34. The van der Waals surface area contributed by atoms with Crippen LogP contribution in [-0.2, 0) is 0 Å². The van der Waals surface area contributed by atoms with Crippen molar-refractivity contribution in [2.45, 2.75) is 20.8 Å². The third kappa shape index (κ3) is 3.92. The molecule has 0 fully saturated rings. The SMILES string of the molecule is CN(CC(C)(C)C)C(=O)c1ccc(NN)c([N+](=O)[O-])c1. The topological polar surface area (TPSA) is 102 Å². The lowest BCUT2D eigenvalue weighted by atomic mass is 9.96. The standard InChI is InChI=1S/C13H20N4O3/c1-13(2,3)8-16(4)12(18)9-5-6-10(15-14)11(7-9)17(19)20/h5-7,15H,8,14H2,1-4H3. The van der Waals surface area contributed by atoms with Gasteiger partial charge in [-0.05, 0) is 17.5 Å². The van der Waals surface area contributed by atoms with Gasteiger partial charge in [0.25, 0.3) is 11.6 Å². The van der Waals surface area contributed by atoms with Gasteiger partial charge in [-0.2, -0.15) is 0 Å². The van der Waals surface area contributed by atoms with Crippen molar-refractivity contribution in [2.24, 2.45) is 11.3 Å². The lowest BCUT2D eigenvalue weighted by Crippen LogP contribution is -2.34. The number of benzene rings is 1. The number of nitrogens with zero attached hydrogens (tertiary/aromatic N) is 2. The number of carbonyl (C=O) groups excluding carboxylic acids is 1. The number of nitrogens with one attached hydrogen (secondary N) is 1. The molecule has 20 heavy (non-hydrogen) atoms. The van der Waals surface area contributed by atoms with E-state index >= 15 is 0 Å². The van der Waals surface area contributed by atoms with Gasteiger partial charge < -0.3 is 10.3 Å². The summed E-state index contributed by atoms with van der Waals surface area (Å²) in [6.45, 7) is 6.60. The summed E-state index contributed by atoms with van der Waals surface area (Å²) in [4.78, 5) is 24.2. The van der Waals surface area contributed by atoms with Crippen LogP contribution in [0.3, 0.4) is 0 Å². The molecule has 0 heterocycles. The molecule has 7 heteroatoms. The summed E-state index contributed by atoms with van der Waals surface area (Å²) in [6.07, 6.45) is 0. The number of rotatable bonds is 4. The monoisotopic (exact) mass is 280 g/mol. The molecule has 0 bridgehead atoms. The maximum atomic E-state index is 12.2. The number of hydrogen-bond acceptors (Lipinski definition) is 5. The molecule has 0 unspecified atom stereocenters. The van der Waals surface area contributed by atoms with Crippen molar-refractivity contribution in [3.8, 4) is 0 Å². The highest BCUT2D eigenvalue weighted by molar-refractivity contribution is 5.95. The third-order valence-corrected chi connectivity index (χ3v) is 2.66. The Balaban J connectivity index is 3.05. The van der Waals surface area contributed by atoms with Gasteiger partial charge in [0.15, 0.2) is 0 Å². The molecule has 1 aromatic carbocycles. The molecule has 0 aromatic heterocycles. The molecule has 0 atom stereocenters. The molecule has 110 valence electrons. The van der Waals surface area contributed by atoms with E-state index in [2.05, 4.69) is 5.43 Å². The molecular formula is C13H20N4O3. The van der Waals surface area contributed by atoms with Crippen molar-refractivity contribution >= 4 is 17.3 Å². The Morgan fingerprint density at radius 3 is 2.50 bits per heavy atom. The fourth-order valence-corrected chi connectivity index (χ4v) is 1.94. The molecule has 0 aliphatic heterocycles. The minimum Gasteiger partial charge on any atom is -0.341 e. The summed E-state index contributed by atoms with van der Waals surface area (Å²) >= 11 is 0. The summed E-state index contributed by atoms with van der Waals surface area (Å²) < 4.78 is 0. The summed E-state index contributed by atoms with van der Waals surface area (Å²) in [6, 6.07) is 4.18. The van der Waals surface area contributed by atoms with Gasteiger partial charge in [0.05, 0.1) is 4.92 Å². The van der Waals surface area contributed by atoms with Gasteiger partial charge in [-0.1, -0.05) is 20.8 Å². The molecule has 3 N–H and O–H groups in total. The zero-order chi connectivity index (χ0) is 15.5. The highest BCUT2D eigenvalue weighted by atomic mass is 16.6. The number of hydrogen-bond donors (Lipinski definition) is 2. The van der Waals surface area contributed by atoms with E-state index in [0.29, 0.717) is 6.54 Å². The minimum atomic E-state index is -0.574. The Kier molecular flexibility index (Phi) is 4.67. The highest BCUT2D eigenvalue weighted by Gasteiger charge is 2.22. The maximum absolute atomic E-state index is 12.2. The largest absolute Gasteiger partial charge is 0.341 e. The number of amides is 1. The first-order chi connectivity index (χ1) is 9.15. The third-order valence-electron chi connectivity index (χ3n) is 2.66. The predicted octanol–water partition coefficient (Wildman–Crippen LogP) is 2.00. The maximum Gasteiger partial charge on any atom is 0.294 e. The lowest BCUT2D eigenvalue weighted by molar-refractivity contribution is -0.384. The van der Waals surface area contributed by atoms with E-state index in [4.69, 9.17) is 5.84 Å². The average molecular weight is 280 g/mol. The van der Waals surface area contributed by atoms with Crippen molar-refractivity contribution < 1.29 is 9.72 Å². The normalized spacial score (nSPS) is 11.1.